The van der Waals surface area contributed by atoms with Crippen LogP contribution in [0.2, 0.25) is 0 Å². The topological polar surface area (TPSA) is 68.2 Å². The molecule has 1 aromatic heterocycles. The summed E-state index contributed by atoms with van der Waals surface area (Å²) in [5.41, 5.74) is 6.90. The fourth-order valence-corrected chi connectivity index (χ4v) is 2.64. The molecule has 2 heterocycles. The van der Waals surface area contributed by atoms with Gasteiger partial charge in [0.2, 0.25) is 5.89 Å². The van der Waals surface area contributed by atoms with E-state index in [9.17, 15) is 0 Å². The van der Waals surface area contributed by atoms with E-state index >= 15 is 0 Å². The molecule has 0 saturated carbocycles. The van der Waals surface area contributed by atoms with Crippen molar-refractivity contribution in [3.8, 4) is 0 Å². The zero-order chi connectivity index (χ0) is 13.8. The Bertz CT molecular complexity index is 540. The minimum atomic E-state index is 0.613. The van der Waals surface area contributed by atoms with Crippen LogP contribution in [0.5, 0.6) is 0 Å². The van der Waals surface area contributed by atoms with Crippen LogP contribution in [0.15, 0.2) is 34.9 Å². The van der Waals surface area contributed by atoms with Crippen LogP contribution in [0.4, 0.5) is 0 Å². The molecule has 0 spiro atoms. The van der Waals surface area contributed by atoms with E-state index in [4.69, 9.17) is 10.3 Å². The molecule has 1 atom stereocenters. The molecular formula is C15H20N4O. The molecule has 1 aromatic carbocycles. The zero-order valence-electron chi connectivity index (χ0n) is 11.5. The van der Waals surface area contributed by atoms with Crippen LogP contribution >= 0.6 is 0 Å². The van der Waals surface area contributed by atoms with Crippen LogP contribution in [-0.2, 0) is 13.0 Å². The third-order valence-corrected chi connectivity index (χ3v) is 3.78. The van der Waals surface area contributed by atoms with Gasteiger partial charge < -0.3 is 10.3 Å². The number of hydrogen-bond donors (Lipinski definition) is 1. The first kappa shape index (κ1) is 13.3. The van der Waals surface area contributed by atoms with Gasteiger partial charge in [-0.2, -0.15) is 4.98 Å². The second kappa shape index (κ2) is 6.15. The van der Waals surface area contributed by atoms with Gasteiger partial charge in [0, 0.05) is 13.0 Å². The lowest BCUT2D eigenvalue weighted by Gasteiger charge is -2.12. The minimum absolute atomic E-state index is 0.613. The van der Waals surface area contributed by atoms with Crippen LogP contribution in [0.1, 0.15) is 23.7 Å². The summed E-state index contributed by atoms with van der Waals surface area (Å²) in [7, 11) is 0. The Morgan fingerprint density at radius 3 is 2.90 bits per heavy atom. The molecule has 106 valence electrons. The maximum atomic E-state index is 5.70. The van der Waals surface area contributed by atoms with Gasteiger partial charge in [-0.3, -0.25) is 4.90 Å². The normalized spacial score (nSPS) is 19.6. The summed E-state index contributed by atoms with van der Waals surface area (Å²) >= 11 is 0. The second-order valence-electron chi connectivity index (χ2n) is 5.39. The van der Waals surface area contributed by atoms with E-state index in [0.29, 0.717) is 11.8 Å². The molecule has 1 saturated heterocycles. The first-order valence-corrected chi connectivity index (χ1v) is 7.11. The van der Waals surface area contributed by atoms with E-state index < -0.39 is 0 Å². The standard InChI is InChI=1S/C15H20N4O/c16-9-13-6-7-19(10-13)11-15-17-14(18-20-15)8-12-4-2-1-3-5-12/h1-5,13H,6-11,16H2. The number of benzene rings is 1. The molecule has 1 fully saturated rings. The van der Waals surface area contributed by atoms with Gasteiger partial charge in [-0.15, -0.1) is 0 Å². The molecule has 2 aromatic rings. The van der Waals surface area contributed by atoms with Gasteiger partial charge in [0.15, 0.2) is 5.82 Å². The summed E-state index contributed by atoms with van der Waals surface area (Å²) in [6.45, 7) is 3.60. The molecule has 20 heavy (non-hydrogen) atoms. The number of rotatable bonds is 5. The molecule has 0 bridgehead atoms. The van der Waals surface area contributed by atoms with Crippen molar-refractivity contribution < 1.29 is 4.52 Å². The van der Waals surface area contributed by atoms with Crippen molar-refractivity contribution in [2.24, 2.45) is 11.7 Å². The van der Waals surface area contributed by atoms with Crippen molar-refractivity contribution in [1.29, 1.82) is 0 Å². The lowest BCUT2D eigenvalue weighted by Crippen LogP contribution is -2.22. The van der Waals surface area contributed by atoms with Crippen molar-refractivity contribution in [1.82, 2.24) is 15.0 Å². The molecular weight excluding hydrogens is 252 g/mol. The van der Waals surface area contributed by atoms with Crippen molar-refractivity contribution in [3.63, 3.8) is 0 Å². The highest BCUT2D eigenvalue weighted by molar-refractivity contribution is 5.18. The van der Waals surface area contributed by atoms with Crippen LogP contribution in [0.25, 0.3) is 0 Å². The van der Waals surface area contributed by atoms with Crippen LogP contribution in [0.3, 0.4) is 0 Å². The average molecular weight is 272 g/mol. The fourth-order valence-electron chi connectivity index (χ4n) is 2.64. The van der Waals surface area contributed by atoms with Gasteiger partial charge in [0.05, 0.1) is 6.54 Å². The molecule has 1 aliphatic heterocycles. The smallest absolute Gasteiger partial charge is 0.240 e. The first-order chi connectivity index (χ1) is 9.83. The SMILES string of the molecule is NCC1CCN(Cc2nc(Cc3ccccc3)no2)C1. The van der Waals surface area contributed by atoms with E-state index in [1.165, 1.54) is 12.0 Å². The Hall–Kier alpha value is -1.72. The Morgan fingerprint density at radius 2 is 2.15 bits per heavy atom. The number of nitrogens with two attached hydrogens (primary N) is 1. The quantitative estimate of drug-likeness (QED) is 0.892. The first-order valence-electron chi connectivity index (χ1n) is 7.11. The minimum Gasteiger partial charge on any atom is -0.338 e. The molecule has 3 rings (SSSR count). The third-order valence-electron chi connectivity index (χ3n) is 3.78. The molecule has 1 unspecified atom stereocenters. The molecule has 5 nitrogen and oxygen atoms in total. The van der Waals surface area contributed by atoms with E-state index in [2.05, 4.69) is 27.2 Å². The predicted octanol–water partition coefficient (Wildman–Crippen LogP) is 1.44. The van der Waals surface area contributed by atoms with Gasteiger partial charge in [-0.05, 0) is 31.0 Å². The summed E-state index contributed by atoms with van der Waals surface area (Å²) < 4.78 is 5.33. The predicted molar refractivity (Wildman–Crippen MR) is 76.0 cm³/mol. The molecule has 0 amide bonds. The van der Waals surface area contributed by atoms with Gasteiger partial charge in [-0.1, -0.05) is 35.5 Å². The Morgan fingerprint density at radius 1 is 1.30 bits per heavy atom. The van der Waals surface area contributed by atoms with E-state index in [1.807, 2.05) is 18.2 Å². The van der Waals surface area contributed by atoms with Crippen molar-refractivity contribution >= 4 is 0 Å². The van der Waals surface area contributed by atoms with Gasteiger partial charge in [-0.25, -0.2) is 0 Å². The molecule has 0 aliphatic carbocycles. The highest BCUT2D eigenvalue weighted by atomic mass is 16.5. The van der Waals surface area contributed by atoms with Crippen LogP contribution in [-0.4, -0.2) is 34.7 Å². The highest BCUT2D eigenvalue weighted by Gasteiger charge is 2.22. The average Bonchev–Trinajstić information content (AvgIpc) is 3.10. The maximum absolute atomic E-state index is 5.70. The summed E-state index contributed by atoms with van der Waals surface area (Å²) in [5.74, 6) is 2.07. The monoisotopic (exact) mass is 272 g/mol. The summed E-state index contributed by atoms with van der Waals surface area (Å²) in [5, 5.41) is 4.06. The summed E-state index contributed by atoms with van der Waals surface area (Å²) in [6.07, 6.45) is 1.89. The fraction of sp³-hybridized carbons (Fsp3) is 0.467. The van der Waals surface area contributed by atoms with Crippen LogP contribution < -0.4 is 5.73 Å². The Kier molecular flexibility index (Phi) is 4.08. The highest BCUT2D eigenvalue weighted by Crippen LogP contribution is 2.17. The lowest BCUT2D eigenvalue weighted by molar-refractivity contribution is 0.260. The number of aromatic nitrogens is 2. The van der Waals surface area contributed by atoms with E-state index in [-0.39, 0.29) is 0 Å². The number of hydrogen-bond acceptors (Lipinski definition) is 5. The van der Waals surface area contributed by atoms with Crippen molar-refractivity contribution in [2.45, 2.75) is 19.4 Å². The van der Waals surface area contributed by atoms with Gasteiger partial charge >= 0.3 is 0 Å². The molecule has 0 radical (unpaired) electrons. The third kappa shape index (κ3) is 3.23. The zero-order valence-corrected chi connectivity index (χ0v) is 11.5. The van der Waals surface area contributed by atoms with Gasteiger partial charge in [0.1, 0.15) is 0 Å². The van der Waals surface area contributed by atoms with E-state index in [1.54, 1.807) is 0 Å². The maximum Gasteiger partial charge on any atom is 0.240 e. The molecule has 5 heteroatoms. The largest absolute Gasteiger partial charge is 0.338 e. The summed E-state index contributed by atoms with van der Waals surface area (Å²) in [6, 6.07) is 10.2. The molecule has 1 aliphatic rings. The number of nitrogens with zero attached hydrogens (tertiary/aromatic N) is 3. The Balaban J connectivity index is 1.57. The van der Waals surface area contributed by atoms with Crippen molar-refractivity contribution in [3.05, 3.63) is 47.6 Å². The Labute approximate surface area is 118 Å². The lowest BCUT2D eigenvalue weighted by atomic mass is 10.1. The molecule has 2 N–H and O–H groups in total. The number of likely N-dealkylation sites (tertiary alicyclic amines) is 1. The van der Waals surface area contributed by atoms with Crippen molar-refractivity contribution in [2.75, 3.05) is 19.6 Å². The van der Waals surface area contributed by atoms with E-state index in [0.717, 1.165) is 38.4 Å². The van der Waals surface area contributed by atoms with Gasteiger partial charge in [0.25, 0.3) is 0 Å². The van der Waals surface area contributed by atoms with Crippen LogP contribution in [0, 0.1) is 5.92 Å². The summed E-state index contributed by atoms with van der Waals surface area (Å²) in [4.78, 5) is 6.80. The second-order valence-corrected chi connectivity index (χ2v) is 5.39.